The van der Waals surface area contributed by atoms with E-state index in [4.69, 9.17) is 19.4 Å². The number of nitrogens with one attached hydrogen (secondary N) is 4. The number of benzene rings is 3. The lowest BCUT2D eigenvalue weighted by atomic mass is 9.69. The summed E-state index contributed by atoms with van der Waals surface area (Å²) in [6.07, 6.45) is 6.70. The summed E-state index contributed by atoms with van der Waals surface area (Å²) in [5.74, 6) is 0. The molecule has 40 heavy (non-hydrogen) atoms. The van der Waals surface area contributed by atoms with Crippen LogP contribution in [0.1, 0.15) is 48.9 Å². The minimum atomic E-state index is -1.10. The molecule has 0 spiro atoms. The second-order valence-corrected chi connectivity index (χ2v) is 10.7. The molecule has 1 aliphatic heterocycles. The summed E-state index contributed by atoms with van der Waals surface area (Å²) >= 11 is 6.82. The van der Waals surface area contributed by atoms with Crippen LogP contribution in [-0.4, -0.2) is 23.9 Å². The first-order valence-corrected chi connectivity index (χ1v) is 13.9. The zero-order chi connectivity index (χ0) is 27.7. The van der Waals surface area contributed by atoms with E-state index < -0.39 is 5.44 Å². The molecule has 1 saturated carbocycles. The number of aromatic nitrogens is 1. The maximum atomic E-state index is 10.0. The minimum Gasteiger partial charge on any atom is -0.378 e. The maximum Gasteiger partial charge on any atom is 0.119 e. The first-order chi connectivity index (χ1) is 19.5. The molecule has 1 aromatic heterocycles. The summed E-state index contributed by atoms with van der Waals surface area (Å²) in [7, 11) is 7.17. The van der Waals surface area contributed by atoms with Crippen molar-refractivity contribution in [3.63, 3.8) is 0 Å². The van der Waals surface area contributed by atoms with Crippen LogP contribution < -0.4 is 21.6 Å². The molecule has 4 aromatic rings. The highest BCUT2D eigenvalue weighted by atomic mass is 35.5. The second kappa shape index (κ2) is 10.8. The van der Waals surface area contributed by atoms with Crippen molar-refractivity contribution in [2.75, 3.05) is 10.6 Å². The smallest absolute Gasteiger partial charge is 0.119 e. The van der Waals surface area contributed by atoms with Gasteiger partial charge in [-0.25, -0.2) is 0 Å². The van der Waals surface area contributed by atoms with Gasteiger partial charge >= 0.3 is 0 Å². The molecule has 0 amide bonds. The Bertz CT molecular complexity index is 1600. The van der Waals surface area contributed by atoms with Crippen molar-refractivity contribution >= 4 is 41.7 Å². The van der Waals surface area contributed by atoms with E-state index in [1.807, 2.05) is 66.9 Å². The third-order valence-electron chi connectivity index (χ3n) is 7.50. The molecule has 0 bridgehead atoms. The van der Waals surface area contributed by atoms with Crippen LogP contribution in [0.3, 0.4) is 0 Å². The Morgan fingerprint density at radius 2 is 1.88 bits per heavy atom. The van der Waals surface area contributed by atoms with Gasteiger partial charge in [0.2, 0.25) is 0 Å². The molecular formula is C31H29BClN7. The Balaban J connectivity index is 1.44. The van der Waals surface area contributed by atoms with Gasteiger partial charge < -0.3 is 16.1 Å². The molecule has 1 unspecified atom stereocenters. The van der Waals surface area contributed by atoms with Gasteiger partial charge in [0.1, 0.15) is 13.9 Å². The molecule has 0 saturated heterocycles. The molecule has 2 aliphatic rings. The van der Waals surface area contributed by atoms with Crippen LogP contribution in [0, 0.1) is 11.3 Å². The quantitative estimate of drug-likeness (QED) is 0.189. The Kier molecular flexibility index (Phi) is 7.01. The van der Waals surface area contributed by atoms with Crippen LogP contribution in [0.25, 0.3) is 10.9 Å². The first-order valence-electron chi connectivity index (χ1n) is 13.5. The highest BCUT2D eigenvalue weighted by Crippen LogP contribution is 2.39. The molecule has 2 radical (unpaired) electrons. The maximum absolute atomic E-state index is 10.0. The third-order valence-corrected chi connectivity index (χ3v) is 7.79. The molecule has 198 valence electrons. The fourth-order valence-corrected chi connectivity index (χ4v) is 5.42. The van der Waals surface area contributed by atoms with Gasteiger partial charge in [-0.1, -0.05) is 79.2 Å². The average molecular weight is 546 g/mol. The zero-order valence-electron chi connectivity index (χ0n) is 22.2. The molecule has 7 nitrogen and oxygen atoms in total. The van der Waals surface area contributed by atoms with E-state index in [0.717, 1.165) is 41.5 Å². The van der Waals surface area contributed by atoms with E-state index in [1.54, 1.807) is 6.20 Å². The van der Waals surface area contributed by atoms with Gasteiger partial charge in [0.25, 0.3) is 0 Å². The molecule has 1 fully saturated rings. The number of anilines is 2. The number of fused-ring (bicyclic) bond motifs is 1. The standard InChI is InChI=1S/C31H29BClN7/c1-2-27(20-9-5-3-6-10-20)36-29-21(17-34)18-35-30-25(29)15-23(16-26(30)33)37-31(32,22-11-7-4-8-12-22)28-19-40(39-38-28)24-13-14-24/h3-12,15-16,18-19,24,27,37-39H,2,13-14H2,1H3,(H,35,36)/t27-,31?/m1/s1. The predicted octanol–water partition coefficient (Wildman–Crippen LogP) is 6.09. The number of hydrogen-bond donors (Lipinski definition) is 4. The van der Waals surface area contributed by atoms with Crippen LogP contribution in [0.2, 0.25) is 5.02 Å². The Morgan fingerprint density at radius 3 is 2.55 bits per heavy atom. The lowest BCUT2D eigenvalue weighted by Gasteiger charge is -2.34. The van der Waals surface area contributed by atoms with Gasteiger partial charge in [0, 0.05) is 29.5 Å². The summed E-state index contributed by atoms with van der Waals surface area (Å²) in [6, 6.07) is 26.6. The lowest BCUT2D eigenvalue weighted by Crippen LogP contribution is -2.45. The largest absolute Gasteiger partial charge is 0.378 e. The van der Waals surface area contributed by atoms with Gasteiger partial charge in [0.15, 0.2) is 0 Å². The van der Waals surface area contributed by atoms with Crippen LogP contribution in [-0.2, 0) is 5.44 Å². The molecule has 6 rings (SSSR count). The zero-order valence-corrected chi connectivity index (χ0v) is 22.9. The van der Waals surface area contributed by atoms with Crippen LogP contribution in [0.5, 0.6) is 0 Å². The fourth-order valence-electron chi connectivity index (χ4n) is 5.15. The van der Waals surface area contributed by atoms with Crippen molar-refractivity contribution in [1.82, 2.24) is 21.0 Å². The van der Waals surface area contributed by atoms with Gasteiger partial charge in [0.05, 0.1) is 39.0 Å². The van der Waals surface area contributed by atoms with Crippen LogP contribution in [0.15, 0.2) is 90.9 Å². The number of rotatable bonds is 9. The van der Waals surface area contributed by atoms with Gasteiger partial charge in [-0.3, -0.25) is 9.99 Å². The molecular weight excluding hydrogens is 517 g/mol. The Hall–Kier alpha value is -4.19. The second-order valence-electron chi connectivity index (χ2n) is 10.2. The molecule has 9 heteroatoms. The Labute approximate surface area is 240 Å². The van der Waals surface area contributed by atoms with E-state index in [2.05, 4.69) is 56.7 Å². The van der Waals surface area contributed by atoms with E-state index in [1.165, 1.54) is 0 Å². The van der Waals surface area contributed by atoms with Crippen molar-refractivity contribution in [3.05, 3.63) is 113 Å². The van der Waals surface area contributed by atoms with E-state index >= 15 is 0 Å². The lowest BCUT2D eigenvalue weighted by molar-refractivity contribution is 0.260. The SMILES string of the molecule is [B]C(Nc1cc(Cl)c2ncc(C#N)c(N[C@H](CC)c3ccccc3)c2c1)(C1=CN(C2CC2)NN1)c1ccccc1. The van der Waals surface area contributed by atoms with Crippen molar-refractivity contribution in [1.29, 1.82) is 5.26 Å². The summed E-state index contributed by atoms with van der Waals surface area (Å²) in [5, 5.41) is 20.4. The summed E-state index contributed by atoms with van der Waals surface area (Å²) in [4.78, 5) is 4.53. The van der Waals surface area contributed by atoms with Gasteiger partial charge in [-0.2, -0.15) is 5.26 Å². The highest BCUT2D eigenvalue weighted by molar-refractivity contribution is 6.36. The molecule has 4 N–H and O–H groups in total. The van der Waals surface area contributed by atoms with Gasteiger partial charge in [-0.05, 0) is 42.5 Å². The van der Waals surface area contributed by atoms with Crippen molar-refractivity contribution in [3.8, 4) is 6.07 Å². The van der Waals surface area contributed by atoms with E-state index in [0.29, 0.717) is 33.5 Å². The van der Waals surface area contributed by atoms with E-state index in [-0.39, 0.29) is 6.04 Å². The van der Waals surface area contributed by atoms with Crippen molar-refractivity contribution < 1.29 is 0 Å². The van der Waals surface area contributed by atoms with Crippen LogP contribution >= 0.6 is 11.6 Å². The number of hydrogen-bond acceptors (Lipinski definition) is 7. The van der Waals surface area contributed by atoms with Crippen molar-refractivity contribution in [2.45, 2.75) is 43.7 Å². The number of hydrazine groups is 2. The van der Waals surface area contributed by atoms with Crippen molar-refractivity contribution in [2.24, 2.45) is 0 Å². The third kappa shape index (κ3) is 4.94. The normalized spacial score (nSPS) is 16.9. The average Bonchev–Trinajstić information content (AvgIpc) is 3.72. The monoisotopic (exact) mass is 545 g/mol. The molecule has 2 atom stereocenters. The summed E-state index contributed by atoms with van der Waals surface area (Å²) < 4.78 is 0. The molecule has 2 heterocycles. The molecule has 1 aliphatic carbocycles. The predicted molar refractivity (Wildman–Crippen MR) is 161 cm³/mol. The number of pyridine rings is 1. The van der Waals surface area contributed by atoms with Crippen LogP contribution in [0.4, 0.5) is 11.4 Å². The van der Waals surface area contributed by atoms with E-state index in [9.17, 15) is 5.26 Å². The summed E-state index contributed by atoms with van der Waals surface area (Å²) in [6.45, 7) is 2.12. The topological polar surface area (TPSA) is 88.0 Å². The Morgan fingerprint density at radius 1 is 1.15 bits per heavy atom. The summed E-state index contributed by atoms with van der Waals surface area (Å²) in [5.41, 5.74) is 10.6. The van der Waals surface area contributed by atoms with Gasteiger partial charge in [-0.15, -0.1) is 5.53 Å². The fraction of sp³-hybridized carbons (Fsp3) is 0.226. The minimum absolute atomic E-state index is 0.000431. The number of halogens is 1. The highest BCUT2D eigenvalue weighted by Gasteiger charge is 2.37. The number of nitriles is 1. The number of nitrogens with zero attached hydrogens (tertiary/aromatic N) is 3. The first kappa shape index (κ1) is 26.1. The molecule has 3 aromatic carbocycles.